The zero-order valence-electron chi connectivity index (χ0n) is 10.1. The predicted molar refractivity (Wildman–Crippen MR) is 77.0 cm³/mol. The van der Waals surface area contributed by atoms with Crippen LogP contribution in [0.4, 0.5) is 11.5 Å². The Morgan fingerprint density at radius 2 is 2.32 bits per heavy atom. The lowest BCUT2D eigenvalue weighted by atomic mass is 10.2. The highest BCUT2D eigenvalue weighted by molar-refractivity contribution is 7.16. The van der Waals surface area contributed by atoms with Crippen molar-refractivity contribution in [1.29, 1.82) is 0 Å². The van der Waals surface area contributed by atoms with E-state index in [2.05, 4.69) is 10.3 Å². The van der Waals surface area contributed by atoms with Crippen LogP contribution in [-0.2, 0) is 0 Å². The van der Waals surface area contributed by atoms with Crippen LogP contribution in [0.3, 0.4) is 0 Å². The van der Waals surface area contributed by atoms with Gasteiger partial charge in [-0.1, -0.05) is 11.6 Å². The molecule has 2 heterocycles. The predicted octanol–water partition coefficient (Wildman–Crippen LogP) is 3.25. The van der Waals surface area contributed by atoms with Gasteiger partial charge in [0.2, 0.25) is 0 Å². The summed E-state index contributed by atoms with van der Waals surface area (Å²) in [5, 5.41) is 12.2. The normalized spacial score (nSPS) is 12.1. The average molecular weight is 298 g/mol. The smallest absolute Gasteiger partial charge is 0.337 e. The second kappa shape index (κ2) is 5.46. The fraction of sp³-hybridized carbons (Fsp3) is 0.167. The largest absolute Gasteiger partial charge is 0.478 e. The Morgan fingerprint density at radius 3 is 2.89 bits per heavy atom. The summed E-state index contributed by atoms with van der Waals surface area (Å²) in [6.07, 6.45) is 1.42. The number of halogens is 1. The summed E-state index contributed by atoms with van der Waals surface area (Å²) < 4.78 is 0.692. The molecule has 2 aromatic rings. The van der Waals surface area contributed by atoms with Gasteiger partial charge in [0, 0.05) is 4.88 Å². The van der Waals surface area contributed by atoms with Gasteiger partial charge in [0.15, 0.2) is 0 Å². The summed E-state index contributed by atoms with van der Waals surface area (Å²) in [5.41, 5.74) is 6.02. The number of carbonyl (C=O) groups is 1. The molecule has 19 heavy (non-hydrogen) atoms. The average Bonchev–Trinajstić information content (AvgIpc) is 2.78. The van der Waals surface area contributed by atoms with Crippen LogP contribution in [0.5, 0.6) is 0 Å². The summed E-state index contributed by atoms with van der Waals surface area (Å²) >= 11 is 7.32. The number of thiophene rings is 1. The van der Waals surface area contributed by atoms with Crippen LogP contribution in [-0.4, -0.2) is 16.1 Å². The number of nitrogen functional groups attached to an aromatic ring is 1. The highest BCUT2D eigenvalue weighted by Crippen LogP contribution is 2.30. The van der Waals surface area contributed by atoms with E-state index in [1.165, 1.54) is 23.6 Å². The van der Waals surface area contributed by atoms with Crippen molar-refractivity contribution in [1.82, 2.24) is 4.98 Å². The summed E-state index contributed by atoms with van der Waals surface area (Å²) in [5.74, 6) is -0.872. The summed E-state index contributed by atoms with van der Waals surface area (Å²) in [6, 6.07) is 4.97. The van der Waals surface area contributed by atoms with E-state index in [0.717, 1.165) is 4.88 Å². The topological polar surface area (TPSA) is 88.2 Å². The number of rotatable bonds is 4. The first-order valence-electron chi connectivity index (χ1n) is 5.48. The first-order chi connectivity index (χ1) is 8.97. The number of hydrogen-bond acceptors (Lipinski definition) is 5. The van der Waals surface area contributed by atoms with Crippen LogP contribution >= 0.6 is 22.9 Å². The van der Waals surface area contributed by atoms with Crippen LogP contribution in [0.15, 0.2) is 24.4 Å². The molecule has 0 spiro atoms. The minimum absolute atomic E-state index is 0.0685. The van der Waals surface area contributed by atoms with E-state index < -0.39 is 5.97 Å². The zero-order chi connectivity index (χ0) is 14.0. The van der Waals surface area contributed by atoms with Gasteiger partial charge in [0.25, 0.3) is 0 Å². The number of nitrogens with one attached hydrogen (secondary N) is 1. The van der Waals surface area contributed by atoms with Crippen molar-refractivity contribution in [3.63, 3.8) is 0 Å². The molecular weight excluding hydrogens is 286 g/mol. The minimum atomic E-state index is -1.05. The summed E-state index contributed by atoms with van der Waals surface area (Å²) in [6.45, 7) is 1.92. The first kappa shape index (κ1) is 13.6. The van der Waals surface area contributed by atoms with Crippen LogP contribution in [0, 0.1) is 0 Å². The third kappa shape index (κ3) is 3.15. The molecule has 2 aromatic heterocycles. The zero-order valence-corrected chi connectivity index (χ0v) is 11.6. The van der Waals surface area contributed by atoms with Crippen molar-refractivity contribution in [2.45, 2.75) is 13.0 Å². The molecule has 0 fully saturated rings. The quantitative estimate of drug-likeness (QED) is 0.806. The molecule has 0 aliphatic rings. The first-order valence-corrected chi connectivity index (χ1v) is 6.67. The van der Waals surface area contributed by atoms with E-state index in [9.17, 15) is 4.79 Å². The molecule has 0 aliphatic carbocycles. The van der Waals surface area contributed by atoms with Crippen molar-refractivity contribution in [3.05, 3.63) is 39.2 Å². The molecule has 0 saturated heterocycles. The molecule has 0 radical (unpaired) electrons. The molecule has 100 valence electrons. The summed E-state index contributed by atoms with van der Waals surface area (Å²) in [7, 11) is 0. The van der Waals surface area contributed by atoms with Gasteiger partial charge in [-0.05, 0) is 25.1 Å². The minimum Gasteiger partial charge on any atom is -0.478 e. The molecule has 7 heteroatoms. The number of anilines is 2. The lowest BCUT2D eigenvalue weighted by molar-refractivity contribution is 0.0698. The Kier molecular flexibility index (Phi) is 3.92. The molecule has 1 atom stereocenters. The number of hydrogen-bond donors (Lipinski definition) is 3. The van der Waals surface area contributed by atoms with Gasteiger partial charge < -0.3 is 16.2 Å². The van der Waals surface area contributed by atoms with Crippen molar-refractivity contribution in [3.8, 4) is 0 Å². The Morgan fingerprint density at radius 1 is 1.58 bits per heavy atom. The van der Waals surface area contributed by atoms with E-state index >= 15 is 0 Å². The number of aromatic carboxylic acids is 1. The van der Waals surface area contributed by atoms with E-state index in [1.807, 2.05) is 13.0 Å². The van der Waals surface area contributed by atoms with Crippen molar-refractivity contribution in [2.75, 3.05) is 11.1 Å². The van der Waals surface area contributed by atoms with Gasteiger partial charge in [-0.25, -0.2) is 9.78 Å². The van der Waals surface area contributed by atoms with Crippen molar-refractivity contribution >= 4 is 40.4 Å². The Labute approximate surface area is 119 Å². The number of nitrogens with zero attached hydrogens (tertiary/aromatic N) is 1. The van der Waals surface area contributed by atoms with E-state index in [0.29, 0.717) is 10.0 Å². The Balaban J connectivity index is 2.26. The second-order valence-corrected chi connectivity index (χ2v) is 5.71. The SMILES string of the molecule is CC(Nc1cnc(N)cc1C(=O)O)c1ccc(Cl)s1. The molecule has 0 aliphatic heterocycles. The number of carboxylic acid groups (broad SMARTS) is 1. The molecule has 4 N–H and O–H groups in total. The van der Waals surface area contributed by atoms with Gasteiger partial charge in [-0.2, -0.15) is 0 Å². The molecule has 0 aromatic carbocycles. The van der Waals surface area contributed by atoms with Crippen LogP contribution < -0.4 is 11.1 Å². The molecular formula is C12H12ClN3O2S. The van der Waals surface area contributed by atoms with E-state index in [-0.39, 0.29) is 17.4 Å². The molecule has 2 rings (SSSR count). The highest BCUT2D eigenvalue weighted by atomic mass is 35.5. The molecule has 0 bridgehead atoms. The fourth-order valence-electron chi connectivity index (χ4n) is 1.63. The molecule has 1 unspecified atom stereocenters. The lowest BCUT2D eigenvalue weighted by Gasteiger charge is -2.15. The Bertz CT molecular complexity index is 615. The maximum absolute atomic E-state index is 11.2. The van der Waals surface area contributed by atoms with Crippen LogP contribution in [0.1, 0.15) is 28.2 Å². The van der Waals surface area contributed by atoms with Crippen LogP contribution in [0.25, 0.3) is 0 Å². The monoisotopic (exact) mass is 297 g/mol. The van der Waals surface area contributed by atoms with E-state index in [1.54, 1.807) is 6.07 Å². The van der Waals surface area contributed by atoms with Crippen molar-refractivity contribution in [2.24, 2.45) is 0 Å². The van der Waals surface area contributed by atoms with Gasteiger partial charge in [0.1, 0.15) is 5.82 Å². The van der Waals surface area contributed by atoms with Gasteiger partial charge in [0.05, 0.1) is 27.8 Å². The highest BCUT2D eigenvalue weighted by Gasteiger charge is 2.15. The van der Waals surface area contributed by atoms with Crippen LogP contribution in [0.2, 0.25) is 4.34 Å². The van der Waals surface area contributed by atoms with Gasteiger partial charge in [-0.3, -0.25) is 0 Å². The van der Waals surface area contributed by atoms with E-state index in [4.69, 9.17) is 22.4 Å². The number of nitrogens with two attached hydrogens (primary N) is 1. The third-order valence-electron chi connectivity index (χ3n) is 2.55. The summed E-state index contributed by atoms with van der Waals surface area (Å²) in [4.78, 5) is 16.1. The third-order valence-corrected chi connectivity index (χ3v) is 3.96. The van der Waals surface area contributed by atoms with Gasteiger partial charge >= 0.3 is 5.97 Å². The molecule has 5 nitrogen and oxygen atoms in total. The number of pyridine rings is 1. The fourth-order valence-corrected chi connectivity index (χ4v) is 2.69. The number of carboxylic acids is 1. The standard InChI is InChI=1S/C12H12ClN3O2S/c1-6(9-2-3-10(13)19-9)16-8-5-15-11(14)4-7(8)12(17)18/h2-6,16H,1H3,(H2,14,15)(H,17,18). The maximum atomic E-state index is 11.2. The maximum Gasteiger partial charge on any atom is 0.337 e. The number of aromatic nitrogens is 1. The molecule has 0 amide bonds. The Hall–Kier alpha value is -1.79. The second-order valence-electron chi connectivity index (χ2n) is 3.97. The lowest BCUT2D eigenvalue weighted by Crippen LogP contribution is -2.11. The van der Waals surface area contributed by atoms with Gasteiger partial charge in [-0.15, -0.1) is 11.3 Å². The molecule has 0 saturated carbocycles. The van der Waals surface area contributed by atoms with Crippen molar-refractivity contribution < 1.29 is 9.90 Å².